The minimum absolute atomic E-state index is 0.0229. The van der Waals surface area contributed by atoms with E-state index in [9.17, 15) is 29.4 Å². The minimum Gasteiger partial charge on any atom is -0.481 e. The maximum absolute atomic E-state index is 13.4. The van der Waals surface area contributed by atoms with E-state index in [1.807, 2.05) is 25.1 Å². The first-order valence-electron chi connectivity index (χ1n) is 13.2. The predicted molar refractivity (Wildman–Crippen MR) is 142 cm³/mol. The van der Waals surface area contributed by atoms with Gasteiger partial charge in [-0.3, -0.25) is 14.4 Å². The van der Waals surface area contributed by atoms with Crippen molar-refractivity contribution in [2.24, 2.45) is 5.92 Å². The first kappa shape index (κ1) is 30.4. The Bertz CT molecular complexity index is 1170. The van der Waals surface area contributed by atoms with Crippen LogP contribution in [0.3, 0.4) is 0 Å². The number of aliphatic carboxylic acids is 1. The molecule has 1 fully saturated rings. The van der Waals surface area contributed by atoms with Crippen LogP contribution in [0.15, 0.2) is 36.4 Å². The average Bonchev–Trinajstić information content (AvgIpc) is 2.95. The van der Waals surface area contributed by atoms with Gasteiger partial charge in [-0.2, -0.15) is 0 Å². The van der Waals surface area contributed by atoms with Gasteiger partial charge in [0.25, 0.3) is 5.91 Å². The molecule has 1 saturated heterocycles. The zero-order chi connectivity index (χ0) is 29.1. The number of nitrogens with one attached hydrogen (secondary N) is 1. The van der Waals surface area contributed by atoms with Crippen LogP contribution in [0.5, 0.6) is 0 Å². The highest BCUT2D eigenvalue weighted by Gasteiger charge is 2.31. The van der Waals surface area contributed by atoms with E-state index in [0.717, 1.165) is 0 Å². The summed E-state index contributed by atoms with van der Waals surface area (Å²) in [7, 11) is 0. The zero-order valence-corrected chi connectivity index (χ0v) is 22.6. The fraction of sp³-hybridized carbons (Fsp3) is 0.481. The number of amides is 2. The molecule has 2 amide bonds. The number of ether oxygens (including phenoxy) is 1. The number of piperazine rings is 1. The van der Waals surface area contributed by atoms with E-state index in [4.69, 9.17) is 9.57 Å². The fourth-order valence-electron chi connectivity index (χ4n) is 4.08. The number of rotatable bonds is 12. The summed E-state index contributed by atoms with van der Waals surface area (Å²) in [5.41, 5.74) is 1.26. The minimum atomic E-state index is -1.11. The molecule has 2 aromatic rings. The van der Waals surface area contributed by atoms with E-state index < -0.39 is 30.0 Å². The van der Waals surface area contributed by atoms with E-state index in [2.05, 4.69) is 15.3 Å². The lowest BCUT2D eigenvalue weighted by molar-refractivity contribution is -0.157. The summed E-state index contributed by atoms with van der Waals surface area (Å²) in [6.07, 6.45) is -0.884. The molecule has 0 aliphatic carbocycles. The van der Waals surface area contributed by atoms with Crippen molar-refractivity contribution in [2.45, 2.75) is 39.2 Å². The lowest BCUT2D eigenvalue weighted by atomic mass is 10.1. The van der Waals surface area contributed by atoms with Gasteiger partial charge in [0, 0.05) is 37.4 Å². The summed E-state index contributed by atoms with van der Waals surface area (Å²) in [5.74, 6) is -1.99. The number of hydrogen-bond donors (Lipinski definition) is 3. The standard InChI is InChI=1S/C27H35N5O8/c1-3-39-27(38)40-32-13-11-31(12-14-32)26(37)21(9-10-23(34)35)30-25(36)22-16-20(15-18(2)17-33)28-24(29-22)19-7-5-4-6-8-19/h4-8,16,18,21,33H,3,9-15,17H2,1-2H3,(H,30,36)(H,34,35)/t18?,21-/m0/s1. The van der Waals surface area contributed by atoms with Crippen molar-refractivity contribution in [3.05, 3.63) is 47.8 Å². The van der Waals surface area contributed by atoms with Gasteiger partial charge >= 0.3 is 12.1 Å². The van der Waals surface area contributed by atoms with E-state index in [1.54, 1.807) is 19.1 Å². The Labute approximate surface area is 232 Å². The summed E-state index contributed by atoms with van der Waals surface area (Å²) in [4.78, 5) is 65.1. The van der Waals surface area contributed by atoms with E-state index in [1.165, 1.54) is 16.0 Å². The number of carboxylic acids is 1. The summed E-state index contributed by atoms with van der Waals surface area (Å²) < 4.78 is 4.76. The third kappa shape index (κ3) is 8.99. The summed E-state index contributed by atoms with van der Waals surface area (Å²) in [5, 5.41) is 22.8. The van der Waals surface area contributed by atoms with Gasteiger partial charge in [0.2, 0.25) is 5.91 Å². The second-order valence-electron chi connectivity index (χ2n) is 9.41. The molecule has 40 heavy (non-hydrogen) atoms. The average molecular weight is 558 g/mol. The molecule has 13 nitrogen and oxygen atoms in total. The molecule has 216 valence electrons. The molecule has 1 unspecified atom stereocenters. The van der Waals surface area contributed by atoms with Gasteiger partial charge in [-0.15, -0.1) is 5.06 Å². The molecule has 3 N–H and O–H groups in total. The Morgan fingerprint density at radius 3 is 2.40 bits per heavy atom. The van der Waals surface area contributed by atoms with Crippen molar-refractivity contribution < 1.29 is 39.0 Å². The second kappa shape index (κ2) is 14.9. The van der Waals surface area contributed by atoms with Crippen molar-refractivity contribution in [3.63, 3.8) is 0 Å². The number of hydroxylamine groups is 2. The third-order valence-corrected chi connectivity index (χ3v) is 6.18. The van der Waals surface area contributed by atoms with Crippen LogP contribution in [0.2, 0.25) is 0 Å². The van der Waals surface area contributed by atoms with Gasteiger partial charge in [-0.05, 0) is 31.7 Å². The van der Waals surface area contributed by atoms with Crippen molar-refractivity contribution in [2.75, 3.05) is 39.4 Å². The molecule has 13 heteroatoms. The molecule has 2 atom stereocenters. The highest BCUT2D eigenvalue weighted by molar-refractivity contribution is 5.96. The predicted octanol–water partition coefficient (Wildman–Crippen LogP) is 1.51. The number of aromatic nitrogens is 2. The van der Waals surface area contributed by atoms with Crippen molar-refractivity contribution >= 4 is 23.9 Å². The molecule has 1 aliphatic heterocycles. The molecule has 0 bridgehead atoms. The molecule has 2 heterocycles. The van der Waals surface area contributed by atoms with E-state index >= 15 is 0 Å². The number of nitrogens with zero attached hydrogens (tertiary/aromatic N) is 4. The van der Waals surface area contributed by atoms with Gasteiger partial charge in [0.05, 0.1) is 19.7 Å². The summed E-state index contributed by atoms with van der Waals surface area (Å²) in [6, 6.07) is 9.49. The Morgan fingerprint density at radius 1 is 1.07 bits per heavy atom. The lowest BCUT2D eigenvalue weighted by Gasteiger charge is -2.35. The molecule has 0 spiro atoms. The number of aliphatic hydroxyl groups is 1. The molecule has 1 aromatic heterocycles. The van der Waals surface area contributed by atoms with Gasteiger partial charge < -0.3 is 30.0 Å². The van der Waals surface area contributed by atoms with Gasteiger partial charge in [-0.1, -0.05) is 37.3 Å². The van der Waals surface area contributed by atoms with Crippen LogP contribution in [0.25, 0.3) is 11.4 Å². The number of aliphatic hydroxyl groups excluding tert-OH is 1. The van der Waals surface area contributed by atoms with E-state index in [0.29, 0.717) is 23.5 Å². The lowest BCUT2D eigenvalue weighted by Crippen LogP contribution is -2.55. The van der Waals surface area contributed by atoms with Gasteiger partial charge in [0.15, 0.2) is 5.82 Å². The number of carboxylic acid groups (broad SMARTS) is 1. The zero-order valence-electron chi connectivity index (χ0n) is 22.6. The van der Waals surface area contributed by atoms with Crippen molar-refractivity contribution in [1.82, 2.24) is 25.2 Å². The molecule has 0 radical (unpaired) electrons. The first-order valence-corrected chi connectivity index (χ1v) is 13.2. The first-order chi connectivity index (χ1) is 19.2. The smallest absolute Gasteiger partial charge is 0.481 e. The third-order valence-electron chi connectivity index (χ3n) is 6.18. The van der Waals surface area contributed by atoms with Gasteiger partial charge in [0.1, 0.15) is 11.7 Å². The van der Waals surface area contributed by atoms with Crippen molar-refractivity contribution in [1.29, 1.82) is 0 Å². The second-order valence-corrected chi connectivity index (χ2v) is 9.41. The van der Waals surface area contributed by atoms with Crippen LogP contribution < -0.4 is 5.32 Å². The van der Waals surface area contributed by atoms with Crippen LogP contribution in [0.1, 0.15) is 42.9 Å². The summed E-state index contributed by atoms with van der Waals surface area (Å²) in [6.45, 7) is 4.47. The maximum Gasteiger partial charge on any atom is 0.527 e. The molecule has 3 rings (SSSR count). The maximum atomic E-state index is 13.4. The van der Waals surface area contributed by atoms with Crippen molar-refractivity contribution in [3.8, 4) is 11.4 Å². The Balaban J connectivity index is 1.77. The van der Waals surface area contributed by atoms with Crippen LogP contribution >= 0.6 is 0 Å². The van der Waals surface area contributed by atoms with Crippen LogP contribution in [0, 0.1) is 5.92 Å². The summed E-state index contributed by atoms with van der Waals surface area (Å²) >= 11 is 0. The number of carbonyl (C=O) groups excluding carboxylic acids is 3. The Morgan fingerprint density at radius 2 is 1.77 bits per heavy atom. The number of benzene rings is 1. The largest absolute Gasteiger partial charge is 0.527 e. The quantitative estimate of drug-likeness (QED) is 0.323. The fourth-order valence-corrected chi connectivity index (χ4v) is 4.08. The van der Waals surface area contributed by atoms with Crippen LogP contribution in [-0.2, 0) is 25.6 Å². The topological polar surface area (TPSA) is 171 Å². The highest BCUT2D eigenvalue weighted by Crippen LogP contribution is 2.18. The molecule has 0 saturated carbocycles. The van der Waals surface area contributed by atoms with Crippen LogP contribution in [0.4, 0.5) is 4.79 Å². The number of hydrogen-bond acceptors (Lipinski definition) is 10. The van der Waals surface area contributed by atoms with Crippen LogP contribution in [-0.4, -0.2) is 99.5 Å². The SMILES string of the molecule is CCOC(=O)ON1CCN(C(=O)[C@H](CCC(=O)O)NC(=O)c2cc(CC(C)CO)nc(-c3ccccc3)n2)CC1. The Kier molecular flexibility index (Phi) is 11.3. The highest BCUT2D eigenvalue weighted by atomic mass is 16.8. The number of carbonyl (C=O) groups is 4. The molecular weight excluding hydrogens is 522 g/mol. The molecule has 1 aromatic carbocycles. The molecule has 1 aliphatic rings. The van der Waals surface area contributed by atoms with Gasteiger partial charge in [-0.25, -0.2) is 14.8 Å². The normalized spacial score (nSPS) is 15.1. The van der Waals surface area contributed by atoms with E-state index in [-0.39, 0.29) is 63.8 Å². The monoisotopic (exact) mass is 557 g/mol. The Hall–Kier alpha value is -4.10. The molecular formula is C27H35N5O8.